The fourth-order valence-corrected chi connectivity index (χ4v) is 2.94. The number of carbonyl (C=O) groups excluding carboxylic acids is 3. The van der Waals surface area contributed by atoms with Crippen LogP contribution in [0.2, 0.25) is 5.02 Å². The Balaban J connectivity index is 1.46. The molecule has 0 bridgehead atoms. The molecule has 0 aromatic heterocycles. The van der Waals surface area contributed by atoms with Crippen molar-refractivity contribution < 1.29 is 23.9 Å². The van der Waals surface area contributed by atoms with Crippen molar-refractivity contribution in [2.45, 2.75) is 0 Å². The van der Waals surface area contributed by atoms with Crippen LogP contribution >= 0.6 is 11.6 Å². The van der Waals surface area contributed by atoms with Gasteiger partial charge in [-0.15, -0.1) is 0 Å². The van der Waals surface area contributed by atoms with E-state index < -0.39 is 5.97 Å². The minimum absolute atomic E-state index is 0.103. The van der Waals surface area contributed by atoms with E-state index in [-0.39, 0.29) is 23.9 Å². The van der Waals surface area contributed by atoms with Gasteiger partial charge in [0, 0.05) is 16.1 Å². The molecule has 29 heavy (non-hydrogen) atoms. The number of ether oxygens (including phenoxy) is 2. The van der Waals surface area contributed by atoms with E-state index in [4.69, 9.17) is 21.1 Å². The fraction of sp³-hybridized carbons (Fsp3) is 0.0455. The first-order valence-corrected chi connectivity index (χ1v) is 9.06. The maximum atomic E-state index is 12.5. The summed E-state index contributed by atoms with van der Waals surface area (Å²) in [6.45, 7) is -0.103. The second-order valence-electron chi connectivity index (χ2n) is 6.30. The van der Waals surface area contributed by atoms with Gasteiger partial charge in [0.05, 0.1) is 11.3 Å². The number of rotatable bonds is 4. The molecule has 0 atom stereocenters. The molecule has 144 valence electrons. The van der Waals surface area contributed by atoms with Gasteiger partial charge in [0.2, 0.25) is 0 Å². The van der Waals surface area contributed by atoms with Gasteiger partial charge in [-0.3, -0.25) is 9.59 Å². The molecule has 0 aliphatic carbocycles. The number of esters is 1. The average molecular weight is 408 g/mol. The fourth-order valence-electron chi connectivity index (χ4n) is 2.81. The molecule has 6 nitrogen and oxygen atoms in total. The second-order valence-corrected chi connectivity index (χ2v) is 6.73. The summed E-state index contributed by atoms with van der Waals surface area (Å²) in [7, 11) is 0. The number of hydrogen-bond acceptors (Lipinski definition) is 5. The number of hydrogen-bond donors (Lipinski definition) is 1. The molecular formula is C22H14ClNO5. The first kappa shape index (κ1) is 18.7. The zero-order valence-corrected chi connectivity index (χ0v) is 15.7. The molecule has 0 spiro atoms. The van der Waals surface area contributed by atoms with Gasteiger partial charge >= 0.3 is 5.97 Å². The Morgan fingerprint density at radius 1 is 0.897 bits per heavy atom. The Morgan fingerprint density at radius 3 is 2.21 bits per heavy atom. The van der Waals surface area contributed by atoms with Crippen LogP contribution in [0.3, 0.4) is 0 Å². The highest BCUT2D eigenvalue weighted by atomic mass is 35.5. The molecule has 0 unspecified atom stereocenters. The van der Waals surface area contributed by atoms with Gasteiger partial charge in [-0.1, -0.05) is 11.6 Å². The number of benzene rings is 3. The van der Waals surface area contributed by atoms with E-state index in [9.17, 15) is 14.4 Å². The van der Waals surface area contributed by atoms with Crippen molar-refractivity contribution in [3.8, 4) is 11.5 Å². The summed E-state index contributed by atoms with van der Waals surface area (Å²) < 4.78 is 10.7. The number of anilines is 1. The number of carbonyl (C=O) groups is 3. The van der Waals surface area contributed by atoms with Gasteiger partial charge in [-0.25, -0.2) is 4.79 Å². The summed E-state index contributed by atoms with van der Waals surface area (Å²) in [6.07, 6.45) is 0. The molecule has 1 N–H and O–H groups in total. The molecule has 0 saturated heterocycles. The molecular weight excluding hydrogens is 394 g/mol. The highest BCUT2D eigenvalue weighted by Gasteiger charge is 2.19. The summed E-state index contributed by atoms with van der Waals surface area (Å²) in [5.41, 5.74) is 1.76. The predicted octanol–water partition coefficient (Wildman–Crippen LogP) is 4.12. The average Bonchev–Trinajstić information content (AvgIpc) is 2.74. The van der Waals surface area contributed by atoms with E-state index >= 15 is 0 Å². The van der Waals surface area contributed by atoms with Crippen molar-refractivity contribution in [1.29, 1.82) is 0 Å². The van der Waals surface area contributed by atoms with Crippen molar-refractivity contribution in [2.75, 3.05) is 11.9 Å². The van der Waals surface area contributed by atoms with E-state index in [1.807, 2.05) is 0 Å². The van der Waals surface area contributed by atoms with Crippen LogP contribution in [0.1, 0.15) is 26.3 Å². The van der Waals surface area contributed by atoms with Crippen LogP contribution in [-0.4, -0.2) is 24.3 Å². The van der Waals surface area contributed by atoms with Gasteiger partial charge in [0.15, 0.2) is 12.4 Å². The smallest absolute Gasteiger partial charge is 0.343 e. The molecule has 3 aromatic rings. The molecule has 1 amide bonds. The third-order valence-electron chi connectivity index (χ3n) is 4.28. The van der Waals surface area contributed by atoms with Crippen molar-refractivity contribution in [2.24, 2.45) is 0 Å². The molecule has 0 saturated carbocycles. The molecule has 0 radical (unpaired) electrons. The Kier molecular flexibility index (Phi) is 5.01. The van der Waals surface area contributed by atoms with Gasteiger partial charge < -0.3 is 14.8 Å². The zero-order valence-electron chi connectivity index (χ0n) is 15.0. The quantitative estimate of drug-likeness (QED) is 0.399. The van der Waals surface area contributed by atoms with Gasteiger partial charge in [-0.05, 0) is 66.7 Å². The zero-order chi connectivity index (χ0) is 20.4. The number of nitrogens with one attached hydrogen (secondary N) is 1. The molecule has 4 rings (SSSR count). The number of fused-ring (bicyclic) bond motifs is 1. The molecule has 7 heteroatoms. The van der Waals surface area contributed by atoms with Crippen molar-refractivity contribution in [1.82, 2.24) is 0 Å². The van der Waals surface area contributed by atoms with Crippen molar-refractivity contribution in [3.63, 3.8) is 0 Å². The van der Waals surface area contributed by atoms with Gasteiger partial charge in [0.25, 0.3) is 5.91 Å². The van der Waals surface area contributed by atoms with Crippen LogP contribution in [0.4, 0.5) is 5.69 Å². The van der Waals surface area contributed by atoms with E-state index in [1.54, 1.807) is 54.6 Å². The lowest BCUT2D eigenvalue weighted by atomic mass is 10.0. The maximum Gasteiger partial charge on any atom is 0.343 e. The Morgan fingerprint density at radius 2 is 1.52 bits per heavy atom. The summed E-state index contributed by atoms with van der Waals surface area (Å²) in [4.78, 5) is 36.2. The third-order valence-corrected chi connectivity index (χ3v) is 4.54. The molecule has 0 fully saturated rings. The number of halogens is 1. The summed E-state index contributed by atoms with van der Waals surface area (Å²) in [5, 5.41) is 3.21. The summed E-state index contributed by atoms with van der Waals surface area (Å²) in [5.74, 6) is -0.280. The van der Waals surface area contributed by atoms with Crippen LogP contribution in [-0.2, 0) is 4.79 Å². The Labute approximate surface area is 171 Å². The number of ketones is 1. The first-order chi connectivity index (χ1) is 14.0. The summed E-state index contributed by atoms with van der Waals surface area (Å²) in [6, 6.07) is 17.5. The normalized spacial score (nSPS) is 12.4. The van der Waals surface area contributed by atoms with Crippen LogP contribution in [0, 0.1) is 0 Å². The molecule has 1 aliphatic heterocycles. The van der Waals surface area contributed by atoms with E-state index in [1.165, 1.54) is 12.1 Å². The minimum Gasteiger partial charge on any atom is -0.482 e. The van der Waals surface area contributed by atoms with Crippen LogP contribution in [0.25, 0.3) is 0 Å². The highest BCUT2D eigenvalue weighted by Crippen LogP contribution is 2.29. The lowest BCUT2D eigenvalue weighted by Gasteiger charge is -2.18. The predicted molar refractivity (Wildman–Crippen MR) is 107 cm³/mol. The van der Waals surface area contributed by atoms with Crippen LogP contribution in [0.15, 0.2) is 66.7 Å². The summed E-state index contributed by atoms with van der Waals surface area (Å²) >= 11 is 5.84. The Bertz CT molecular complexity index is 1110. The largest absolute Gasteiger partial charge is 0.482 e. The van der Waals surface area contributed by atoms with Gasteiger partial charge in [0.1, 0.15) is 11.5 Å². The molecule has 3 aromatic carbocycles. The minimum atomic E-state index is -0.579. The first-order valence-electron chi connectivity index (χ1n) is 8.69. The highest BCUT2D eigenvalue weighted by molar-refractivity contribution is 6.30. The molecule has 1 aliphatic rings. The van der Waals surface area contributed by atoms with Crippen LogP contribution < -0.4 is 14.8 Å². The third kappa shape index (κ3) is 4.12. The van der Waals surface area contributed by atoms with E-state index in [2.05, 4.69) is 5.32 Å². The standard InChI is InChI=1S/C22H14ClNO5/c23-16-6-1-13(2-7-16)21(26)14-3-8-17(9-4-14)29-22(27)15-5-10-18-19(11-15)28-12-20(25)24-18/h1-11H,12H2,(H,24,25). The van der Waals surface area contributed by atoms with E-state index in [0.29, 0.717) is 33.3 Å². The monoisotopic (exact) mass is 407 g/mol. The lowest BCUT2D eigenvalue weighted by Crippen LogP contribution is -2.25. The topological polar surface area (TPSA) is 81.7 Å². The Hall–Kier alpha value is -3.64. The van der Waals surface area contributed by atoms with E-state index in [0.717, 1.165) is 0 Å². The molecule has 1 heterocycles. The maximum absolute atomic E-state index is 12.5. The second kappa shape index (κ2) is 7.77. The lowest BCUT2D eigenvalue weighted by molar-refractivity contribution is -0.118. The van der Waals surface area contributed by atoms with Gasteiger partial charge in [-0.2, -0.15) is 0 Å². The number of amides is 1. The van der Waals surface area contributed by atoms with Crippen LogP contribution in [0.5, 0.6) is 11.5 Å². The van der Waals surface area contributed by atoms with Crippen molar-refractivity contribution in [3.05, 3.63) is 88.4 Å². The van der Waals surface area contributed by atoms with Crippen molar-refractivity contribution >= 4 is 34.9 Å². The SMILES string of the molecule is O=C1COc2cc(C(=O)Oc3ccc(C(=O)c4ccc(Cl)cc4)cc3)ccc2N1.